The van der Waals surface area contributed by atoms with E-state index in [0.717, 1.165) is 7.11 Å². The van der Waals surface area contributed by atoms with E-state index in [2.05, 4.69) is 4.98 Å². The molecule has 0 aliphatic carbocycles. The Labute approximate surface area is 73.8 Å². The molecule has 1 aromatic rings. The summed E-state index contributed by atoms with van der Waals surface area (Å²) in [5.74, 6) is 0. The fourth-order valence-corrected chi connectivity index (χ4v) is 0.752. The Hall–Kier alpha value is -1.13. The molecule has 1 aromatic heterocycles. The summed E-state index contributed by atoms with van der Waals surface area (Å²) >= 11 is 5.44. The molecule has 5 heteroatoms. The summed E-state index contributed by atoms with van der Waals surface area (Å²) in [5.41, 5.74) is -0.0168. The molecule has 0 fully saturated rings. The van der Waals surface area contributed by atoms with Gasteiger partial charge in [-0.05, 0) is 6.07 Å². The average molecular weight is 190 g/mol. The van der Waals surface area contributed by atoms with Gasteiger partial charge in [-0.2, -0.15) is 0 Å². The van der Waals surface area contributed by atoms with Gasteiger partial charge in [0.25, 0.3) is 0 Å². The van der Waals surface area contributed by atoms with Gasteiger partial charge in [0.05, 0.1) is 0 Å². The summed E-state index contributed by atoms with van der Waals surface area (Å²) < 4.78 is 0. The number of H-pyrrole nitrogens is 1. The van der Waals surface area contributed by atoms with Gasteiger partial charge in [0.2, 0.25) is 5.56 Å². The van der Waals surface area contributed by atoms with Crippen LogP contribution in [0.25, 0.3) is 0 Å². The smallest absolute Gasteiger partial charge is 0.249 e. The van der Waals surface area contributed by atoms with Crippen LogP contribution in [0.1, 0.15) is 10.4 Å². The van der Waals surface area contributed by atoms with Gasteiger partial charge >= 0.3 is 0 Å². The second-order valence-electron chi connectivity index (χ2n) is 1.71. The lowest BCUT2D eigenvalue weighted by atomic mass is 10.3. The molecule has 1 heterocycles. The van der Waals surface area contributed by atoms with Crippen molar-refractivity contribution in [1.29, 1.82) is 0 Å². The van der Waals surface area contributed by atoms with Gasteiger partial charge in [-0.25, -0.2) is 0 Å². The Balaban J connectivity index is 0.000000561. The Bertz CT molecular complexity index is 308. The molecule has 0 saturated heterocycles. The third-order valence-corrected chi connectivity index (χ3v) is 1.34. The van der Waals surface area contributed by atoms with E-state index in [4.69, 9.17) is 16.7 Å². The topological polar surface area (TPSA) is 70.2 Å². The predicted octanol–water partition coefficient (Wildman–Crippen LogP) is 0.449. The number of carbonyl (C=O) groups excluding carboxylic acids is 1. The highest BCUT2D eigenvalue weighted by atomic mass is 35.5. The van der Waals surface area contributed by atoms with Crippen molar-refractivity contribution in [2.75, 3.05) is 7.11 Å². The lowest BCUT2D eigenvalue weighted by Crippen LogP contribution is -2.04. The second kappa shape index (κ2) is 5.51. The maximum Gasteiger partial charge on any atom is 0.249 e. The molecule has 4 nitrogen and oxygen atoms in total. The second-order valence-corrected chi connectivity index (χ2v) is 2.09. The molecule has 12 heavy (non-hydrogen) atoms. The zero-order chi connectivity index (χ0) is 9.56. The number of rotatable bonds is 1. The van der Waals surface area contributed by atoms with Gasteiger partial charge in [-0.15, -0.1) is 0 Å². The Morgan fingerprint density at radius 3 is 2.50 bits per heavy atom. The summed E-state index contributed by atoms with van der Waals surface area (Å²) in [4.78, 5) is 22.9. The van der Waals surface area contributed by atoms with E-state index in [0.29, 0.717) is 11.8 Å². The van der Waals surface area contributed by atoms with Crippen LogP contribution in [0.3, 0.4) is 0 Å². The van der Waals surface area contributed by atoms with E-state index in [1.807, 2.05) is 0 Å². The largest absolute Gasteiger partial charge is 0.400 e. The highest BCUT2D eigenvalue weighted by molar-refractivity contribution is 6.31. The normalized spacial score (nSPS) is 8.25. The molecule has 0 aromatic carbocycles. The van der Waals surface area contributed by atoms with Gasteiger partial charge in [-0.3, -0.25) is 9.59 Å². The Kier molecular flexibility index (Phi) is 4.99. The average Bonchev–Trinajstić information content (AvgIpc) is 2.08. The summed E-state index contributed by atoms with van der Waals surface area (Å²) in [7, 11) is 1.00. The van der Waals surface area contributed by atoms with Crippen LogP contribution in [0.15, 0.2) is 16.9 Å². The molecule has 0 amide bonds. The quantitative estimate of drug-likeness (QED) is 0.498. The van der Waals surface area contributed by atoms with Gasteiger partial charge in [0.1, 0.15) is 5.15 Å². The number of aliphatic hydroxyl groups is 1. The zero-order valence-electron chi connectivity index (χ0n) is 6.37. The Morgan fingerprint density at radius 2 is 2.08 bits per heavy atom. The standard InChI is InChI=1S/C6H4ClNO2.CH4O/c7-6-4(3-9)1-2-5(10)8-6;1-2/h1-3H,(H,8,10);2H,1H3. The highest BCUT2D eigenvalue weighted by Gasteiger charge is 1.96. The SMILES string of the molecule is CO.O=Cc1ccc(=O)[nH]c1Cl. The van der Waals surface area contributed by atoms with Crippen molar-refractivity contribution < 1.29 is 9.90 Å². The number of hydrogen-bond donors (Lipinski definition) is 2. The first-order valence-electron chi connectivity index (χ1n) is 3.03. The molecular weight excluding hydrogens is 182 g/mol. The molecule has 2 N–H and O–H groups in total. The maximum absolute atomic E-state index is 10.5. The fourth-order valence-electron chi connectivity index (χ4n) is 0.552. The summed E-state index contributed by atoms with van der Waals surface area (Å²) in [6, 6.07) is 2.61. The van der Waals surface area contributed by atoms with Crippen molar-refractivity contribution in [3.05, 3.63) is 33.2 Å². The van der Waals surface area contributed by atoms with Crippen molar-refractivity contribution in [1.82, 2.24) is 4.98 Å². The van der Waals surface area contributed by atoms with Crippen LogP contribution in [-0.4, -0.2) is 23.5 Å². The Morgan fingerprint density at radius 1 is 1.50 bits per heavy atom. The molecule has 0 unspecified atom stereocenters. The van der Waals surface area contributed by atoms with Crippen molar-refractivity contribution in [3.63, 3.8) is 0 Å². The van der Waals surface area contributed by atoms with E-state index in [-0.39, 0.29) is 10.7 Å². The zero-order valence-corrected chi connectivity index (χ0v) is 7.13. The number of aromatic nitrogens is 1. The van der Waals surface area contributed by atoms with Crippen LogP contribution < -0.4 is 5.56 Å². The van der Waals surface area contributed by atoms with E-state index < -0.39 is 0 Å². The third-order valence-electron chi connectivity index (χ3n) is 1.03. The number of pyridine rings is 1. The van der Waals surface area contributed by atoms with Gasteiger partial charge in [0.15, 0.2) is 6.29 Å². The highest BCUT2D eigenvalue weighted by Crippen LogP contribution is 2.05. The monoisotopic (exact) mass is 189 g/mol. The third kappa shape index (κ3) is 2.86. The van der Waals surface area contributed by atoms with Crippen molar-refractivity contribution in [3.8, 4) is 0 Å². The molecule has 0 bridgehead atoms. The van der Waals surface area contributed by atoms with Crippen molar-refractivity contribution in [2.45, 2.75) is 0 Å². The number of aliphatic hydroxyl groups excluding tert-OH is 1. The van der Waals surface area contributed by atoms with Crippen molar-refractivity contribution >= 4 is 17.9 Å². The summed E-state index contributed by atoms with van der Waals surface area (Å²) in [5, 5.41) is 7.09. The minimum atomic E-state index is -0.310. The van der Waals surface area contributed by atoms with Crippen LogP contribution in [0.4, 0.5) is 0 Å². The lowest BCUT2D eigenvalue weighted by molar-refractivity contribution is 0.112. The van der Waals surface area contributed by atoms with Crippen LogP contribution in [0.2, 0.25) is 5.15 Å². The first-order valence-corrected chi connectivity index (χ1v) is 3.40. The minimum Gasteiger partial charge on any atom is -0.400 e. The number of nitrogens with one attached hydrogen (secondary N) is 1. The minimum absolute atomic E-state index is 0.0856. The molecule has 0 saturated carbocycles. The molecular formula is C7H8ClNO3. The molecule has 1 rings (SSSR count). The maximum atomic E-state index is 10.5. The van der Waals surface area contributed by atoms with Gasteiger partial charge < -0.3 is 10.1 Å². The van der Waals surface area contributed by atoms with Gasteiger partial charge in [-0.1, -0.05) is 11.6 Å². The lowest BCUT2D eigenvalue weighted by Gasteiger charge is -1.90. The molecule has 66 valence electrons. The van der Waals surface area contributed by atoms with E-state index >= 15 is 0 Å². The number of hydrogen-bond acceptors (Lipinski definition) is 3. The number of aldehydes is 1. The van der Waals surface area contributed by atoms with E-state index in [1.54, 1.807) is 0 Å². The predicted molar refractivity (Wildman–Crippen MR) is 45.6 cm³/mol. The molecule has 0 spiro atoms. The fraction of sp³-hybridized carbons (Fsp3) is 0.143. The van der Waals surface area contributed by atoms with Crippen molar-refractivity contribution in [2.24, 2.45) is 0 Å². The number of aromatic amines is 1. The molecule has 0 radical (unpaired) electrons. The summed E-state index contributed by atoms with van der Waals surface area (Å²) in [6.07, 6.45) is 0.582. The van der Waals surface area contributed by atoms with Crippen LogP contribution in [0.5, 0.6) is 0 Å². The van der Waals surface area contributed by atoms with Crippen LogP contribution in [-0.2, 0) is 0 Å². The van der Waals surface area contributed by atoms with Crippen LogP contribution >= 0.6 is 11.6 Å². The van der Waals surface area contributed by atoms with Gasteiger partial charge in [0, 0.05) is 18.7 Å². The first-order chi connectivity index (χ1) is 5.74. The van der Waals surface area contributed by atoms with E-state index in [1.165, 1.54) is 12.1 Å². The first kappa shape index (κ1) is 10.9. The molecule has 0 aliphatic heterocycles. The molecule has 0 atom stereocenters. The number of halogens is 1. The number of carbonyl (C=O) groups is 1. The van der Waals surface area contributed by atoms with E-state index in [9.17, 15) is 9.59 Å². The summed E-state index contributed by atoms with van der Waals surface area (Å²) in [6.45, 7) is 0. The molecule has 0 aliphatic rings. The van der Waals surface area contributed by atoms with Crippen LogP contribution in [0, 0.1) is 0 Å².